The van der Waals surface area contributed by atoms with Crippen LogP contribution >= 0.6 is 0 Å². The minimum Gasteiger partial charge on any atom is -0.497 e. The Labute approximate surface area is 184 Å². The second kappa shape index (κ2) is 12.1. The van der Waals surface area contributed by atoms with Crippen molar-refractivity contribution in [1.82, 2.24) is 0 Å². The second-order valence-electron chi connectivity index (χ2n) is 7.40. The predicted octanol–water partition coefficient (Wildman–Crippen LogP) is 5.74. The third kappa shape index (κ3) is 7.07. The lowest BCUT2D eigenvalue weighted by Gasteiger charge is -2.19. The van der Waals surface area contributed by atoms with E-state index in [9.17, 15) is 5.11 Å². The van der Waals surface area contributed by atoms with Crippen LogP contribution in [0.1, 0.15) is 40.7 Å². The van der Waals surface area contributed by atoms with Crippen LogP contribution in [0.25, 0.3) is 6.08 Å². The first-order chi connectivity index (χ1) is 15.2. The number of hydrogen-bond acceptors (Lipinski definition) is 4. The minimum absolute atomic E-state index is 0.0861. The topological polar surface area (TPSA) is 47.9 Å². The first kappa shape index (κ1) is 22.8. The van der Waals surface area contributed by atoms with Crippen molar-refractivity contribution in [2.24, 2.45) is 0 Å². The molecule has 0 saturated heterocycles. The van der Waals surface area contributed by atoms with Gasteiger partial charge < -0.3 is 19.3 Å². The fourth-order valence-electron chi connectivity index (χ4n) is 3.42. The van der Waals surface area contributed by atoms with Gasteiger partial charge >= 0.3 is 0 Å². The number of rotatable bonds is 11. The zero-order chi connectivity index (χ0) is 21.9. The summed E-state index contributed by atoms with van der Waals surface area (Å²) in [6.07, 6.45) is 4.30. The maximum absolute atomic E-state index is 10.9. The summed E-state index contributed by atoms with van der Waals surface area (Å²) in [7, 11) is 3.25. The van der Waals surface area contributed by atoms with Crippen LogP contribution in [0.2, 0.25) is 0 Å². The molecule has 0 spiro atoms. The Morgan fingerprint density at radius 2 is 1.55 bits per heavy atom. The van der Waals surface area contributed by atoms with Crippen LogP contribution in [0.3, 0.4) is 0 Å². The molecule has 4 nitrogen and oxygen atoms in total. The Balaban J connectivity index is 1.71. The van der Waals surface area contributed by atoms with Crippen molar-refractivity contribution in [3.63, 3.8) is 0 Å². The van der Waals surface area contributed by atoms with E-state index in [0.29, 0.717) is 13.0 Å². The first-order valence-electron chi connectivity index (χ1n) is 10.4. The van der Waals surface area contributed by atoms with Crippen LogP contribution in [-0.2, 0) is 16.1 Å². The summed E-state index contributed by atoms with van der Waals surface area (Å²) >= 11 is 0. The standard InChI is InChI=1S/C27H30O4/c1-29-20-31-19-22-10-8-21(9-11-22)12-13-25(23-6-4-3-5-7-23)18-27(28)24-14-16-26(30-2)17-15-24/h3-17,25,27-28H,18-20H2,1-2H3/b13-12+/t25-,27-/m0/s1. The van der Waals surface area contributed by atoms with Gasteiger partial charge in [-0.1, -0.05) is 78.9 Å². The molecule has 3 rings (SSSR count). The highest BCUT2D eigenvalue weighted by Gasteiger charge is 2.16. The molecule has 0 amide bonds. The van der Waals surface area contributed by atoms with E-state index in [2.05, 4.69) is 48.6 Å². The number of ether oxygens (including phenoxy) is 3. The Morgan fingerprint density at radius 3 is 2.19 bits per heavy atom. The number of aliphatic hydroxyl groups is 1. The summed E-state index contributed by atoms with van der Waals surface area (Å²) in [5, 5.41) is 10.9. The lowest BCUT2D eigenvalue weighted by Crippen LogP contribution is -2.05. The average Bonchev–Trinajstić information content (AvgIpc) is 2.83. The maximum Gasteiger partial charge on any atom is 0.146 e. The molecule has 0 saturated carbocycles. The lowest BCUT2D eigenvalue weighted by atomic mass is 9.90. The molecule has 0 aliphatic carbocycles. The Morgan fingerprint density at radius 1 is 0.839 bits per heavy atom. The number of allylic oxidation sites excluding steroid dienone is 1. The highest BCUT2D eigenvalue weighted by atomic mass is 16.7. The van der Waals surface area contributed by atoms with Gasteiger partial charge in [-0.15, -0.1) is 0 Å². The van der Waals surface area contributed by atoms with Crippen LogP contribution < -0.4 is 4.74 Å². The maximum atomic E-state index is 10.9. The van der Waals surface area contributed by atoms with Gasteiger partial charge in [0.2, 0.25) is 0 Å². The molecule has 0 fully saturated rings. The zero-order valence-electron chi connectivity index (χ0n) is 18.1. The first-order valence-corrected chi connectivity index (χ1v) is 10.4. The second-order valence-corrected chi connectivity index (χ2v) is 7.40. The Bertz CT molecular complexity index is 918. The molecular formula is C27H30O4. The highest BCUT2D eigenvalue weighted by Crippen LogP contribution is 2.31. The third-order valence-electron chi connectivity index (χ3n) is 5.18. The normalized spacial score (nSPS) is 13.3. The predicted molar refractivity (Wildman–Crippen MR) is 124 cm³/mol. The third-order valence-corrected chi connectivity index (χ3v) is 5.18. The number of aliphatic hydroxyl groups excluding tert-OH is 1. The minimum atomic E-state index is -0.568. The van der Waals surface area contributed by atoms with Gasteiger partial charge in [0.25, 0.3) is 0 Å². The van der Waals surface area contributed by atoms with E-state index in [1.807, 2.05) is 42.5 Å². The van der Waals surface area contributed by atoms with Crippen molar-refractivity contribution >= 4 is 6.08 Å². The van der Waals surface area contributed by atoms with E-state index >= 15 is 0 Å². The molecule has 31 heavy (non-hydrogen) atoms. The molecule has 1 N–H and O–H groups in total. The summed E-state index contributed by atoms with van der Waals surface area (Å²) in [5.41, 5.74) is 4.27. The van der Waals surface area contributed by atoms with Crippen molar-refractivity contribution in [2.75, 3.05) is 21.0 Å². The summed E-state index contributed by atoms with van der Waals surface area (Å²) in [6, 6.07) is 26.1. The van der Waals surface area contributed by atoms with Crippen molar-refractivity contribution in [3.05, 3.63) is 107 Å². The van der Waals surface area contributed by atoms with Crippen LogP contribution in [0.4, 0.5) is 0 Å². The van der Waals surface area contributed by atoms with E-state index in [1.165, 1.54) is 5.56 Å². The molecule has 4 heteroatoms. The van der Waals surface area contributed by atoms with Gasteiger partial charge in [0, 0.05) is 13.0 Å². The quantitative estimate of drug-likeness (QED) is 0.319. The molecule has 0 aromatic heterocycles. The van der Waals surface area contributed by atoms with E-state index in [0.717, 1.165) is 22.4 Å². The molecule has 0 bridgehead atoms. The highest BCUT2D eigenvalue weighted by molar-refractivity contribution is 5.51. The van der Waals surface area contributed by atoms with Gasteiger partial charge in [-0.05, 0) is 40.8 Å². The number of methoxy groups -OCH3 is 2. The largest absolute Gasteiger partial charge is 0.497 e. The summed E-state index contributed by atoms with van der Waals surface area (Å²) in [6.45, 7) is 0.815. The Hall–Kier alpha value is -2.92. The smallest absolute Gasteiger partial charge is 0.146 e. The van der Waals surface area contributed by atoms with Crippen LogP contribution in [0.5, 0.6) is 5.75 Å². The van der Waals surface area contributed by atoms with Gasteiger partial charge in [-0.2, -0.15) is 0 Å². The van der Waals surface area contributed by atoms with Gasteiger partial charge in [0.1, 0.15) is 12.5 Å². The monoisotopic (exact) mass is 418 g/mol. The van der Waals surface area contributed by atoms with Gasteiger partial charge in [-0.3, -0.25) is 0 Å². The lowest BCUT2D eigenvalue weighted by molar-refractivity contribution is -0.0390. The molecular weight excluding hydrogens is 388 g/mol. The Kier molecular flexibility index (Phi) is 8.85. The van der Waals surface area contributed by atoms with Crippen molar-refractivity contribution in [1.29, 1.82) is 0 Å². The van der Waals surface area contributed by atoms with Crippen molar-refractivity contribution < 1.29 is 19.3 Å². The van der Waals surface area contributed by atoms with Crippen molar-refractivity contribution in [2.45, 2.75) is 25.0 Å². The van der Waals surface area contributed by atoms with Crippen LogP contribution in [0.15, 0.2) is 84.9 Å². The average molecular weight is 419 g/mol. The van der Waals surface area contributed by atoms with E-state index in [4.69, 9.17) is 14.2 Å². The van der Waals surface area contributed by atoms with Crippen LogP contribution in [0, 0.1) is 0 Å². The van der Waals surface area contributed by atoms with Crippen LogP contribution in [-0.4, -0.2) is 26.1 Å². The van der Waals surface area contributed by atoms with Gasteiger partial charge in [-0.25, -0.2) is 0 Å². The number of benzene rings is 3. The molecule has 0 radical (unpaired) electrons. The summed E-state index contributed by atoms with van der Waals surface area (Å²) in [4.78, 5) is 0. The fourth-order valence-corrected chi connectivity index (χ4v) is 3.42. The molecule has 0 aliphatic rings. The summed E-state index contributed by atoms with van der Waals surface area (Å²) < 4.78 is 15.5. The van der Waals surface area contributed by atoms with E-state index in [1.54, 1.807) is 14.2 Å². The molecule has 0 unspecified atom stereocenters. The van der Waals surface area contributed by atoms with Gasteiger partial charge in [0.15, 0.2) is 0 Å². The molecule has 0 aliphatic heterocycles. The summed E-state index contributed by atoms with van der Waals surface area (Å²) in [5.74, 6) is 0.870. The molecule has 3 aromatic carbocycles. The van der Waals surface area contributed by atoms with E-state index in [-0.39, 0.29) is 12.7 Å². The molecule has 162 valence electrons. The fraction of sp³-hybridized carbons (Fsp3) is 0.259. The number of hydrogen-bond donors (Lipinski definition) is 1. The molecule has 3 aromatic rings. The zero-order valence-corrected chi connectivity index (χ0v) is 18.1. The molecule has 2 atom stereocenters. The van der Waals surface area contributed by atoms with Gasteiger partial charge in [0.05, 0.1) is 19.8 Å². The van der Waals surface area contributed by atoms with Crippen molar-refractivity contribution in [3.8, 4) is 5.75 Å². The van der Waals surface area contributed by atoms with E-state index < -0.39 is 6.10 Å². The molecule has 0 heterocycles. The SMILES string of the molecule is COCOCc1ccc(/C=C/[C@@H](C[C@H](O)c2ccc(OC)cc2)c2ccccc2)cc1.